The highest BCUT2D eigenvalue weighted by molar-refractivity contribution is 5.76. The minimum Gasteiger partial charge on any atom is -0.481 e. The normalized spacial score (nSPS) is 19.4. The number of hydrogen-bond acceptors (Lipinski definition) is 18. The van der Waals surface area contributed by atoms with Gasteiger partial charge in [-0.15, -0.1) is 0 Å². The Morgan fingerprint density at radius 2 is 0.350 bits per heavy atom. The zero-order chi connectivity index (χ0) is 45.4. The van der Waals surface area contributed by atoms with Gasteiger partial charge in [0.05, 0.1) is 0 Å². The molecule has 1 aliphatic rings. The highest BCUT2D eigenvalue weighted by Crippen LogP contribution is 2.36. The van der Waals surface area contributed by atoms with Crippen LogP contribution in [0.4, 0.5) is 0 Å². The molecule has 24 nitrogen and oxygen atoms in total. The molecule has 0 aromatic carbocycles. The molecule has 0 atom stereocenters. The summed E-state index contributed by atoms with van der Waals surface area (Å²) >= 11 is 0. The third-order valence-corrected chi connectivity index (χ3v) is 8.18. The molecule has 6 N–H and O–H groups in total. The number of ether oxygens (including phenoxy) is 6. The first kappa shape index (κ1) is 51.7. The van der Waals surface area contributed by atoms with E-state index >= 15 is 0 Å². The molecule has 60 heavy (non-hydrogen) atoms. The summed E-state index contributed by atoms with van der Waals surface area (Å²) in [5.41, 5.74) is 0. The molecular formula is C36H48O24. The maximum atomic E-state index is 13.3. The summed E-state index contributed by atoms with van der Waals surface area (Å²) in [5.74, 6) is -15.5. The average Bonchev–Trinajstić information content (AvgIpc) is 3.11. The number of carbonyl (C=O) groups is 12. The summed E-state index contributed by atoms with van der Waals surface area (Å²) in [4.78, 5) is 146. The summed E-state index contributed by atoms with van der Waals surface area (Å²) in [7, 11) is 0. The fraction of sp³-hybridized carbons (Fsp3) is 0.667. The third kappa shape index (κ3) is 22.0. The van der Waals surface area contributed by atoms with Crippen molar-refractivity contribution in [2.24, 2.45) is 0 Å². The number of carboxylic acids is 6. The fourth-order valence-electron chi connectivity index (χ4n) is 5.49. The third-order valence-electron chi connectivity index (χ3n) is 8.18. The lowest BCUT2D eigenvalue weighted by atomic mass is 9.83. The van der Waals surface area contributed by atoms with Gasteiger partial charge in [0.15, 0.2) is 36.6 Å². The molecule has 0 spiro atoms. The Bertz CT molecular complexity index is 1260. The molecule has 0 heterocycles. The fourth-order valence-corrected chi connectivity index (χ4v) is 5.49. The highest BCUT2D eigenvalue weighted by Gasteiger charge is 2.61. The molecule has 0 amide bonds. The van der Waals surface area contributed by atoms with Crippen LogP contribution in [0.5, 0.6) is 0 Å². The van der Waals surface area contributed by atoms with Crippen molar-refractivity contribution in [2.45, 2.75) is 152 Å². The maximum Gasteiger partial charge on any atom is 0.306 e. The number of esters is 6. The van der Waals surface area contributed by atoms with Gasteiger partial charge in [0.25, 0.3) is 0 Å². The maximum absolute atomic E-state index is 13.3. The first-order chi connectivity index (χ1) is 28.2. The van der Waals surface area contributed by atoms with Crippen LogP contribution in [-0.4, -0.2) is 139 Å². The largest absolute Gasteiger partial charge is 0.481 e. The Labute approximate surface area is 340 Å². The van der Waals surface area contributed by atoms with E-state index < -0.39 is 185 Å². The zero-order valence-corrected chi connectivity index (χ0v) is 32.2. The molecular weight excluding hydrogens is 816 g/mol. The monoisotopic (exact) mass is 864 g/mol. The Kier molecular flexibility index (Phi) is 23.5. The molecule has 336 valence electrons. The van der Waals surface area contributed by atoms with E-state index in [4.69, 9.17) is 59.1 Å². The van der Waals surface area contributed by atoms with Gasteiger partial charge in [0, 0.05) is 77.0 Å². The lowest BCUT2D eigenvalue weighted by Gasteiger charge is -2.47. The molecule has 0 aromatic rings. The number of rotatable bonds is 30. The van der Waals surface area contributed by atoms with Crippen LogP contribution >= 0.6 is 0 Å². The topological polar surface area (TPSA) is 382 Å². The van der Waals surface area contributed by atoms with Gasteiger partial charge in [-0.25, -0.2) is 0 Å². The second-order valence-electron chi connectivity index (χ2n) is 13.2. The Morgan fingerprint density at radius 3 is 0.450 bits per heavy atom. The van der Waals surface area contributed by atoms with Crippen LogP contribution in [0.1, 0.15) is 116 Å². The van der Waals surface area contributed by atoms with Crippen molar-refractivity contribution in [3.8, 4) is 0 Å². The predicted octanol–water partition coefficient (Wildman–Crippen LogP) is 1.00. The molecule has 0 aliphatic heterocycles. The van der Waals surface area contributed by atoms with Crippen molar-refractivity contribution in [3.63, 3.8) is 0 Å². The Morgan fingerprint density at radius 1 is 0.233 bits per heavy atom. The molecule has 1 aliphatic carbocycles. The van der Waals surface area contributed by atoms with Gasteiger partial charge in [-0.05, 0) is 38.5 Å². The van der Waals surface area contributed by atoms with E-state index in [-0.39, 0.29) is 38.5 Å². The minimum atomic E-state index is -2.22. The summed E-state index contributed by atoms with van der Waals surface area (Å²) in [6.07, 6.45) is -22.7. The predicted molar refractivity (Wildman–Crippen MR) is 188 cm³/mol. The van der Waals surface area contributed by atoms with Crippen molar-refractivity contribution in [1.82, 2.24) is 0 Å². The minimum absolute atomic E-state index is 0.346. The molecule has 0 aromatic heterocycles. The van der Waals surface area contributed by atoms with Crippen LogP contribution in [0.25, 0.3) is 0 Å². The molecule has 1 rings (SSSR count). The summed E-state index contributed by atoms with van der Waals surface area (Å²) in [6.45, 7) is 0. The van der Waals surface area contributed by atoms with Gasteiger partial charge in [-0.3, -0.25) is 57.5 Å². The SMILES string of the molecule is O=C(O)CCCC(=O)OC1C(OC(=O)CCCC(=O)O)C(OC(=O)CCCC(=O)O)C(OC(=O)CCCC(=O)O)C(OC(=O)CCCC(=O)O)C1OC(=O)CCCC(=O)O. The number of carbonyl (C=O) groups excluding carboxylic acids is 6. The van der Waals surface area contributed by atoms with Crippen molar-refractivity contribution >= 4 is 71.6 Å². The highest BCUT2D eigenvalue weighted by atomic mass is 16.7. The lowest BCUT2D eigenvalue weighted by Crippen LogP contribution is -2.69. The van der Waals surface area contributed by atoms with Crippen LogP contribution in [-0.2, 0) is 86.0 Å². The smallest absolute Gasteiger partial charge is 0.306 e. The Balaban J connectivity index is 4.08. The number of aliphatic carboxylic acids is 6. The van der Waals surface area contributed by atoms with Gasteiger partial charge < -0.3 is 59.1 Å². The average molecular weight is 865 g/mol. The van der Waals surface area contributed by atoms with E-state index in [2.05, 4.69) is 0 Å². The van der Waals surface area contributed by atoms with Crippen molar-refractivity contribution in [1.29, 1.82) is 0 Å². The summed E-state index contributed by atoms with van der Waals surface area (Å²) in [6, 6.07) is 0. The number of hydrogen-bond donors (Lipinski definition) is 6. The molecule has 0 saturated heterocycles. The summed E-state index contributed by atoms with van der Waals surface area (Å²) < 4.78 is 33.4. The quantitative estimate of drug-likeness (QED) is 0.0433. The standard InChI is InChI=1S/C36H48O24/c37-19(38)7-1-13-25(49)55-31-32(56-26(50)14-2-8-20(39)40)34(58-28(52)16-4-10-22(43)44)36(60-30(54)18-6-12-24(47)48)35(59-29(53)17-5-11-23(45)46)33(31)57-27(51)15-3-9-21(41)42/h31-36H,1-18H2,(H,37,38)(H,39,40)(H,41,42)(H,43,44)(H,45,46)(H,47,48). The second-order valence-corrected chi connectivity index (χ2v) is 13.2. The van der Waals surface area contributed by atoms with Gasteiger partial charge in [0.1, 0.15) is 0 Å². The summed E-state index contributed by atoms with van der Waals surface area (Å²) in [5, 5.41) is 54.4. The van der Waals surface area contributed by atoms with E-state index in [0.717, 1.165) is 0 Å². The molecule has 0 bridgehead atoms. The molecule has 0 radical (unpaired) electrons. The molecule has 0 unspecified atom stereocenters. The van der Waals surface area contributed by atoms with E-state index in [1.54, 1.807) is 0 Å². The second kappa shape index (κ2) is 27.4. The molecule has 1 saturated carbocycles. The van der Waals surface area contributed by atoms with Crippen molar-refractivity contribution in [2.75, 3.05) is 0 Å². The van der Waals surface area contributed by atoms with Crippen LogP contribution in [0.2, 0.25) is 0 Å². The molecule has 24 heteroatoms. The van der Waals surface area contributed by atoms with E-state index in [0.29, 0.717) is 0 Å². The molecule has 1 fully saturated rings. The van der Waals surface area contributed by atoms with Crippen LogP contribution in [0.15, 0.2) is 0 Å². The first-order valence-electron chi connectivity index (χ1n) is 18.7. The van der Waals surface area contributed by atoms with Crippen molar-refractivity contribution < 1.29 is 117 Å². The van der Waals surface area contributed by atoms with E-state index in [1.165, 1.54) is 0 Å². The van der Waals surface area contributed by atoms with E-state index in [1.807, 2.05) is 0 Å². The van der Waals surface area contributed by atoms with Gasteiger partial charge in [-0.2, -0.15) is 0 Å². The first-order valence-corrected chi connectivity index (χ1v) is 18.7. The Hall–Kier alpha value is -6.36. The van der Waals surface area contributed by atoms with Gasteiger partial charge in [-0.1, -0.05) is 0 Å². The van der Waals surface area contributed by atoms with Gasteiger partial charge >= 0.3 is 71.6 Å². The van der Waals surface area contributed by atoms with E-state index in [9.17, 15) is 57.5 Å². The van der Waals surface area contributed by atoms with Crippen molar-refractivity contribution in [3.05, 3.63) is 0 Å². The van der Waals surface area contributed by atoms with Crippen LogP contribution in [0, 0.1) is 0 Å². The van der Waals surface area contributed by atoms with Gasteiger partial charge in [0.2, 0.25) is 0 Å². The lowest BCUT2D eigenvalue weighted by molar-refractivity contribution is -0.262. The van der Waals surface area contributed by atoms with Crippen LogP contribution in [0.3, 0.4) is 0 Å². The number of carboxylic acid groups (broad SMARTS) is 6. The zero-order valence-electron chi connectivity index (χ0n) is 32.2. The van der Waals surface area contributed by atoms with Crippen LogP contribution < -0.4 is 0 Å².